The van der Waals surface area contributed by atoms with Crippen molar-refractivity contribution in [1.82, 2.24) is 9.97 Å². The molecule has 0 aliphatic rings. The van der Waals surface area contributed by atoms with Crippen LogP contribution in [0.3, 0.4) is 0 Å². The van der Waals surface area contributed by atoms with E-state index in [1.165, 1.54) is 25.4 Å². The van der Waals surface area contributed by atoms with Gasteiger partial charge in [0.1, 0.15) is 5.82 Å². The molecule has 2 aromatic rings. The Labute approximate surface area is 103 Å². The first-order valence-corrected chi connectivity index (χ1v) is 5.42. The molecular formula is C12H13FN2O3. The van der Waals surface area contributed by atoms with Crippen molar-refractivity contribution >= 4 is 11.0 Å². The van der Waals surface area contributed by atoms with Crippen LogP contribution in [0.1, 0.15) is 5.56 Å². The lowest BCUT2D eigenvalue weighted by atomic mass is 10.1. The van der Waals surface area contributed by atoms with E-state index >= 15 is 0 Å². The first-order valence-electron chi connectivity index (χ1n) is 5.42. The maximum absolute atomic E-state index is 13.8. The van der Waals surface area contributed by atoms with Crippen LogP contribution < -0.4 is 4.74 Å². The van der Waals surface area contributed by atoms with Gasteiger partial charge in [0.15, 0.2) is 0 Å². The Kier molecular flexibility index (Phi) is 3.69. The number of halogens is 1. The minimum Gasteiger partial charge on any atom is -0.480 e. The third kappa shape index (κ3) is 2.39. The number of rotatable bonds is 4. The quantitative estimate of drug-likeness (QED) is 0.836. The minimum absolute atomic E-state index is 0.0263. The fourth-order valence-corrected chi connectivity index (χ4v) is 1.68. The summed E-state index contributed by atoms with van der Waals surface area (Å²) in [5.74, 6) is -0.217. The van der Waals surface area contributed by atoms with Gasteiger partial charge in [-0.05, 0) is 12.1 Å². The molecule has 1 atom stereocenters. The van der Waals surface area contributed by atoms with Crippen molar-refractivity contribution < 1.29 is 19.3 Å². The van der Waals surface area contributed by atoms with E-state index in [4.69, 9.17) is 9.84 Å². The van der Waals surface area contributed by atoms with Gasteiger partial charge in [-0.2, -0.15) is 0 Å². The second kappa shape index (κ2) is 5.24. The molecule has 5 nitrogen and oxygen atoms in total. The monoisotopic (exact) mass is 252 g/mol. The number of nitrogens with zero attached hydrogens (tertiary/aromatic N) is 2. The Morgan fingerprint density at radius 1 is 1.44 bits per heavy atom. The number of fused-ring (bicyclic) bond motifs is 1. The number of hydrogen-bond donors (Lipinski definition) is 2. The summed E-state index contributed by atoms with van der Waals surface area (Å²) in [6.45, 7) is -0.437. The molecule has 2 N–H and O–H groups in total. The normalized spacial score (nSPS) is 12.7. The zero-order chi connectivity index (χ0) is 13.1. The highest BCUT2D eigenvalue weighted by Gasteiger charge is 2.14. The summed E-state index contributed by atoms with van der Waals surface area (Å²) in [6.07, 6.45) is 0.381. The fraction of sp³-hybridized carbons (Fsp3) is 0.333. The predicted octanol–water partition coefficient (Wildman–Crippen LogP) is 0.673. The maximum Gasteiger partial charge on any atom is 0.232 e. The number of aliphatic hydroxyl groups excluding tert-OH is 2. The summed E-state index contributed by atoms with van der Waals surface area (Å²) < 4.78 is 18.7. The van der Waals surface area contributed by atoms with Gasteiger partial charge in [0.05, 0.1) is 37.1 Å². The molecule has 1 heterocycles. The number of aliphatic hydroxyl groups is 2. The zero-order valence-corrected chi connectivity index (χ0v) is 9.80. The lowest BCUT2D eigenvalue weighted by Crippen LogP contribution is -2.16. The molecule has 2 rings (SSSR count). The van der Waals surface area contributed by atoms with Gasteiger partial charge in [-0.1, -0.05) is 0 Å². The maximum atomic E-state index is 13.8. The Morgan fingerprint density at radius 3 is 2.89 bits per heavy atom. The van der Waals surface area contributed by atoms with Gasteiger partial charge in [0.2, 0.25) is 5.88 Å². The summed E-state index contributed by atoms with van der Waals surface area (Å²) in [5.41, 5.74) is 1.07. The van der Waals surface area contributed by atoms with Crippen molar-refractivity contribution in [2.45, 2.75) is 12.5 Å². The molecule has 0 fully saturated rings. The van der Waals surface area contributed by atoms with Crippen LogP contribution in [0.15, 0.2) is 18.3 Å². The Bertz CT molecular complexity index is 562. The van der Waals surface area contributed by atoms with E-state index in [9.17, 15) is 9.50 Å². The van der Waals surface area contributed by atoms with Crippen LogP contribution in [0.2, 0.25) is 0 Å². The second-order valence-corrected chi connectivity index (χ2v) is 3.85. The lowest BCUT2D eigenvalue weighted by molar-refractivity contribution is 0.0950. The van der Waals surface area contributed by atoms with Gasteiger partial charge in [0.25, 0.3) is 0 Å². The predicted molar refractivity (Wildman–Crippen MR) is 62.8 cm³/mol. The van der Waals surface area contributed by atoms with Crippen LogP contribution >= 0.6 is 0 Å². The minimum atomic E-state index is -1.03. The van der Waals surface area contributed by atoms with Gasteiger partial charge >= 0.3 is 0 Å². The summed E-state index contributed by atoms with van der Waals surface area (Å²) in [4.78, 5) is 8.21. The summed E-state index contributed by atoms with van der Waals surface area (Å²) in [5, 5.41) is 18.3. The van der Waals surface area contributed by atoms with Crippen molar-refractivity contribution in [3.63, 3.8) is 0 Å². The molecule has 1 aromatic carbocycles. The van der Waals surface area contributed by atoms with E-state index in [1.807, 2.05) is 0 Å². The molecule has 1 aromatic heterocycles. The van der Waals surface area contributed by atoms with Crippen molar-refractivity contribution in [1.29, 1.82) is 0 Å². The molecule has 0 amide bonds. The molecule has 0 radical (unpaired) electrons. The number of benzene rings is 1. The number of methoxy groups -OCH3 is 1. The van der Waals surface area contributed by atoms with Crippen molar-refractivity contribution in [2.75, 3.05) is 13.7 Å². The zero-order valence-electron chi connectivity index (χ0n) is 9.80. The smallest absolute Gasteiger partial charge is 0.232 e. The third-order valence-corrected chi connectivity index (χ3v) is 2.60. The summed E-state index contributed by atoms with van der Waals surface area (Å²) >= 11 is 0. The standard InChI is InChI=1S/C12H13FN2O3/c1-18-11-5-14-10-3-2-9(13)8(12(10)15-11)4-7(17)6-16/h2-3,5,7,16-17H,4,6H2,1H3. The highest BCUT2D eigenvalue weighted by Crippen LogP contribution is 2.22. The third-order valence-electron chi connectivity index (χ3n) is 2.60. The van der Waals surface area contributed by atoms with Gasteiger partial charge in [-0.15, -0.1) is 0 Å². The van der Waals surface area contributed by atoms with Crippen LogP contribution in [0.5, 0.6) is 5.88 Å². The van der Waals surface area contributed by atoms with Crippen LogP contribution in [0.4, 0.5) is 4.39 Å². The average Bonchev–Trinajstić information content (AvgIpc) is 2.41. The average molecular weight is 252 g/mol. The molecule has 0 saturated heterocycles. The van der Waals surface area contributed by atoms with Gasteiger partial charge in [0, 0.05) is 12.0 Å². The van der Waals surface area contributed by atoms with Gasteiger partial charge < -0.3 is 14.9 Å². The molecular weight excluding hydrogens is 239 g/mol. The summed E-state index contributed by atoms with van der Waals surface area (Å²) in [6, 6.07) is 2.77. The largest absolute Gasteiger partial charge is 0.480 e. The summed E-state index contributed by atoms with van der Waals surface area (Å²) in [7, 11) is 1.44. The van der Waals surface area contributed by atoms with E-state index in [2.05, 4.69) is 9.97 Å². The Hall–Kier alpha value is -1.79. The van der Waals surface area contributed by atoms with Crippen LogP contribution in [-0.2, 0) is 6.42 Å². The second-order valence-electron chi connectivity index (χ2n) is 3.85. The number of aromatic nitrogens is 2. The fourth-order valence-electron chi connectivity index (χ4n) is 1.68. The van der Waals surface area contributed by atoms with E-state index < -0.39 is 18.5 Å². The molecule has 0 aliphatic heterocycles. The SMILES string of the molecule is COc1cnc2ccc(F)c(CC(O)CO)c2n1. The van der Waals surface area contributed by atoms with Gasteiger partial charge in [-0.25, -0.2) is 14.4 Å². The Balaban J connectivity index is 2.56. The number of hydrogen-bond acceptors (Lipinski definition) is 5. The molecule has 6 heteroatoms. The highest BCUT2D eigenvalue weighted by molar-refractivity contribution is 5.78. The molecule has 96 valence electrons. The van der Waals surface area contributed by atoms with Crippen LogP contribution in [0, 0.1) is 5.82 Å². The van der Waals surface area contributed by atoms with E-state index in [0.717, 1.165) is 0 Å². The van der Waals surface area contributed by atoms with Crippen molar-refractivity contribution in [3.05, 3.63) is 29.7 Å². The van der Waals surface area contributed by atoms with Crippen LogP contribution in [0.25, 0.3) is 11.0 Å². The highest BCUT2D eigenvalue weighted by atomic mass is 19.1. The topological polar surface area (TPSA) is 75.5 Å². The molecule has 0 saturated carbocycles. The van der Waals surface area contributed by atoms with Crippen molar-refractivity contribution in [3.8, 4) is 5.88 Å². The van der Waals surface area contributed by atoms with E-state index in [-0.39, 0.29) is 17.9 Å². The van der Waals surface area contributed by atoms with Crippen molar-refractivity contribution in [2.24, 2.45) is 0 Å². The van der Waals surface area contributed by atoms with E-state index in [1.54, 1.807) is 0 Å². The van der Waals surface area contributed by atoms with Crippen LogP contribution in [-0.4, -0.2) is 40.0 Å². The Morgan fingerprint density at radius 2 is 2.22 bits per heavy atom. The number of ether oxygens (including phenoxy) is 1. The molecule has 0 aliphatic carbocycles. The molecule has 0 bridgehead atoms. The van der Waals surface area contributed by atoms with E-state index in [0.29, 0.717) is 11.0 Å². The first-order chi connectivity index (χ1) is 8.65. The molecule has 0 spiro atoms. The first kappa shape index (κ1) is 12.7. The molecule has 1 unspecified atom stereocenters. The molecule has 18 heavy (non-hydrogen) atoms. The van der Waals surface area contributed by atoms with Gasteiger partial charge in [-0.3, -0.25) is 0 Å². The lowest BCUT2D eigenvalue weighted by Gasteiger charge is -2.11.